The fourth-order valence-electron chi connectivity index (χ4n) is 2.70. The molecule has 0 saturated carbocycles. The summed E-state index contributed by atoms with van der Waals surface area (Å²) in [5.74, 6) is 2.14. The first-order valence-electron chi connectivity index (χ1n) is 8.63. The van der Waals surface area contributed by atoms with E-state index in [2.05, 4.69) is 33.0 Å². The van der Waals surface area contributed by atoms with Gasteiger partial charge in [0.15, 0.2) is 0 Å². The molecule has 132 valence electrons. The molecule has 1 unspecified atom stereocenters. The summed E-state index contributed by atoms with van der Waals surface area (Å²) in [5.41, 5.74) is 1.90. The van der Waals surface area contributed by atoms with Crippen molar-refractivity contribution >= 4 is 23.6 Å². The minimum absolute atomic E-state index is 0.0431. The Balaban J connectivity index is 2.03. The maximum atomic E-state index is 12.8. The second kappa shape index (κ2) is 8.56. The summed E-state index contributed by atoms with van der Waals surface area (Å²) in [7, 11) is 0. The van der Waals surface area contributed by atoms with E-state index in [4.69, 9.17) is 0 Å². The lowest BCUT2D eigenvalue weighted by Gasteiger charge is -2.23. The Kier molecular flexibility index (Phi) is 6.72. The molecule has 2 rings (SSSR count). The second-order valence-corrected chi connectivity index (χ2v) is 8.22. The van der Waals surface area contributed by atoms with Crippen molar-refractivity contribution in [3.8, 4) is 0 Å². The highest BCUT2D eigenvalue weighted by atomic mass is 32.2. The normalized spacial score (nSPS) is 17.6. The lowest BCUT2D eigenvalue weighted by atomic mass is 10.0. The van der Waals surface area contributed by atoms with Crippen LogP contribution in [0, 0.1) is 11.8 Å². The molecule has 5 heteroatoms. The standard InChI is InChI=1S/C19H28N2O2S/c1-13(2)9-15-5-7-16(8-6-15)19(23)21-12-24-11-17(21)18(22)20-10-14(3)4/h5-8,13-14,17H,9-12H2,1-4H3,(H,20,22). The summed E-state index contributed by atoms with van der Waals surface area (Å²) in [4.78, 5) is 26.8. The number of nitrogens with one attached hydrogen (secondary N) is 1. The van der Waals surface area contributed by atoms with E-state index in [1.165, 1.54) is 5.56 Å². The van der Waals surface area contributed by atoms with Crippen molar-refractivity contribution in [1.82, 2.24) is 10.2 Å². The fourth-order valence-corrected chi connectivity index (χ4v) is 3.86. The highest BCUT2D eigenvalue weighted by Gasteiger charge is 2.34. The molecular formula is C19H28N2O2S. The third kappa shape index (κ3) is 5.00. The van der Waals surface area contributed by atoms with Crippen LogP contribution in [-0.2, 0) is 11.2 Å². The van der Waals surface area contributed by atoms with Crippen molar-refractivity contribution in [2.75, 3.05) is 18.2 Å². The van der Waals surface area contributed by atoms with Crippen LogP contribution in [0.2, 0.25) is 0 Å². The van der Waals surface area contributed by atoms with Crippen molar-refractivity contribution in [1.29, 1.82) is 0 Å². The highest BCUT2D eigenvalue weighted by molar-refractivity contribution is 7.99. The van der Waals surface area contributed by atoms with Crippen LogP contribution in [0.15, 0.2) is 24.3 Å². The van der Waals surface area contributed by atoms with Gasteiger partial charge in [0, 0.05) is 17.9 Å². The van der Waals surface area contributed by atoms with E-state index >= 15 is 0 Å². The molecule has 1 aromatic rings. The monoisotopic (exact) mass is 348 g/mol. The van der Waals surface area contributed by atoms with Gasteiger partial charge in [-0.05, 0) is 36.0 Å². The molecule has 1 aromatic carbocycles. The van der Waals surface area contributed by atoms with Crippen molar-refractivity contribution < 1.29 is 9.59 Å². The Morgan fingerprint density at radius 2 is 1.83 bits per heavy atom. The Morgan fingerprint density at radius 3 is 2.42 bits per heavy atom. The van der Waals surface area contributed by atoms with Gasteiger partial charge in [-0.2, -0.15) is 0 Å². The summed E-state index contributed by atoms with van der Waals surface area (Å²) in [6, 6.07) is 7.43. The summed E-state index contributed by atoms with van der Waals surface area (Å²) >= 11 is 1.63. The van der Waals surface area contributed by atoms with Gasteiger partial charge in [0.05, 0.1) is 5.88 Å². The van der Waals surface area contributed by atoms with E-state index in [0.717, 1.165) is 6.42 Å². The Labute approximate surface area is 149 Å². The molecule has 0 aliphatic carbocycles. The van der Waals surface area contributed by atoms with Gasteiger partial charge in [0.1, 0.15) is 6.04 Å². The molecule has 2 amide bonds. The zero-order valence-electron chi connectivity index (χ0n) is 15.0. The first kappa shape index (κ1) is 18.8. The van der Waals surface area contributed by atoms with Crippen LogP contribution in [0.4, 0.5) is 0 Å². The molecule has 1 heterocycles. The number of hydrogen-bond acceptors (Lipinski definition) is 3. The van der Waals surface area contributed by atoms with Crippen LogP contribution in [0.5, 0.6) is 0 Å². The van der Waals surface area contributed by atoms with Gasteiger partial charge in [-0.25, -0.2) is 0 Å². The number of amides is 2. The largest absolute Gasteiger partial charge is 0.354 e. The van der Waals surface area contributed by atoms with E-state index in [0.29, 0.717) is 35.6 Å². The van der Waals surface area contributed by atoms with Gasteiger partial charge < -0.3 is 10.2 Å². The molecule has 1 N–H and O–H groups in total. The molecule has 0 bridgehead atoms. The van der Waals surface area contributed by atoms with E-state index in [1.807, 2.05) is 24.3 Å². The highest BCUT2D eigenvalue weighted by Crippen LogP contribution is 2.23. The van der Waals surface area contributed by atoms with Gasteiger partial charge >= 0.3 is 0 Å². The quantitative estimate of drug-likeness (QED) is 0.859. The van der Waals surface area contributed by atoms with Crippen molar-refractivity contribution in [2.24, 2.45) is 11.8 Å². The number of hydrogen-bond donors (Lipinski definition) is 1. The van der Waals surface area contributed by atoms with E-state index in [-0.39, 0.29) is 17.9 Å². The molecule has 1 aliphatic heterocycles. The molecular weight excluding hydrogens is 320 g/mol. The van der Waals surface area contributed by atoms with Crippen molar-refractivity contribution in [3.05, 3.63) is 35.4 Å². The first-order chi connectivity index (χ1) is 11.4. The molecule has 0 aromatic heterocycles. The number of carbonyl (C=O) groups excluding carboxylic acids is 2. The third-order valence-corrected chi connectivity index (χ3v) is 4.99. The minimum atomic E-state index is -0.364. The van der Waals surface area contributed by atoms with E-state index in [1.54, 1.807) is 16.7 Å². The van der Waals surface area contributed by atoms with Crippen molar-refractivity contribution in [2.45, 2.75) is 40.2 Å². The van der Waals surface area contributed by atoms with Gasteiger partial charge in [0.2, 0.25) is 5.91 Å². The summed E-state index contributed by atoms with van der Waals surface area (Å²) in [6.45, 7) is 9.13. The Bertz CT molecular complexity index is 569. The topological polar surface area (TPSA) is 49.4 Å². The van der Waals surface area contributed by atoms with Gasteiger partial charge in [-0.3, -0.25) is 9.59 Å². The summed E-state index contributed by atoms with van der Waals surface area (Å²) in [6.07, 6.45) is 1.01. The van der Waals surface area contributed by atoms with Crippen molar-refractivity contribution in [3.63, 3.8) is 0 Å². The zero-order chi connectivity index (χ0) is 17.7. The Hall–Kier alpha value is -1.49. The van der Waals surface area contributed by atoms with Gasteiger partial charge in [0.25, 0.3) is 5.91 Å². The maximum absolute atomic E-state index is 12.8. The van der Waals surface area contributed by atoms with Crippen LogP contribution in [0.1, 0.15) is 43.6 Å². The molecule has 24 heavy (non-hydrogen) atoms. The second-order valence-electron chi connectivity index (χ2n) is 7.22. The average Bonchev–Trinajstić information content (AvgIpc) is 3.01. The lowest BCUT2D eigenvalue weighted by Crippen LogP contribution is -2.47. The zero-order valence-corrected chi connectivity index (χ0v) is 15.9. The molecule has 1 fully saturated rings. The minimum Gasteiger partial charge on any atom is -0.354 e. The molecule has 0 spiro atoms. The Morgan fingerprint density at radius 1 is 1.17 bits per heavy atom. The fraction of sp³-hybridized carbons (Fsp3) is 0.579. The number of carbonyl (C=O) groups is 2. The van der Waals surface area contributed by atoms with Crippen LogP contribution in [-0.4, -0.2) is 40.9 Å². The molecule has 1 atom stereocenters. The third-order valence-electron chi connectivity index (χ3n) is 3.98. The number of nitrogens with zero attached hydrogens (tertiary/aromatic N) is 1. The molecule has 4 nitrogen and oxygen atoms in total. The van der Waals surface area contributed by atoms with Gasteiger partial charge in [-0.1, -0.05) is 39.8 Å². The summed E-state index contributed by atoms with van der Waals surface area (Å²) < 4.78 is 0. The first-order valence-corrected chi connectivity index (χ1v) is 9.79. The predicted molar refractivity (Wildman–Crippen MR) is 100 cm³/mol. The molecule has 1 aliphatic rings. The average molecular weight is 349 g/mol. The molecule has 1 saturated heterocycles. The van der Waals surface area contributed by atoms with Crippen LogP contribution < -0.4 is 5.32 Å². The van der Waals surface area contributed by atoms with Crippen LogP contribution in [0.3, 0.4) is 0 Å². The smallest absolute Gasteiger partial charge is 0.255 e. The number of thioether (sulfide) groups is 1. The molecule has 0 radical (unpaired) electrons. The maximum Gasteiger partial charge on any atom is 0.255 e. The summed E-state index contributed by atoms with van der Waals surface area (Å²) in [5, 5.41) is 2.94. The van der Waals surface area contributed by atoms with Crippen LogP contribution in [0.25, 0.3) is 0 Å². The number of rotatable bonds is 6. The van der Waals surface area contributed by atoms with Crippen LogP contribution >= 0.6 is 11.8 Å². The predicted octanol–water partition coefficient (Wildman–Crippen LogP) is 3.17. The van der Waals surface area contributed by atoms with Gasteiger partial charge in [-0.15, -0.1) is 11.8 Å². The van der Waals surface area contributed by atoms with E-state index in [9.17, 15) is 9.59 Å². The van der Waals surface area contributed by atoms with E-state index < -0.39 is 0 Å². The SMILES string of the molecule is CC(C)CNC(=O)C1CSCN1C(=O)c1ccc(CC(C)C)cc1. The lowest BCUT2D eigenvalue weighted by molar-refractivity contribution is -0.124. The number of benzene rings is 1.